The van der Waals surface area contributed by atoms with Crippen LogP contribution >= 0.6 is 0 Å². The van der Waals surface area contributed by atoms with Crippen molar-refractivity contribution in [2.75, 3.05) is 5.75 Å². The Bertz CT molecular complexity index is 275. The summed E-state index contributed by atoms with van der Waals surface area (Å²) in [7, 11) is -2.83. The van der Waals surface area contributed by atoms with E-state index in [-0.39, 0.29) is 16.6 Å². The highest BCUT2D eigenvalue weighted by molar-refractivity contribution is 7.92. The first kappa shape index (κ1) is 11.0. The zero-order chi connectivity index (χ0) is 10.3. The molecule has 1 saturated heterocycles. The Balaban J connectivity index is 2.87. The highest BCUT2D eigenvalue weighted by Gasteiger charge is 2.39. The maximum Gasteiger partial charge on any atom is 0.153 e. The van der Waals surface area contributed by atoms with E-state index in [4.69, 9.17) is 0 Å². The van der Waals surface area contributed by atoms with Crippen LogP contribution in [-0.4, -0.2) is 19.4 Å². The molecule has 0 aromatic carbocycles. The smallest absolute Gasteiger partial charge is 0.153 e. The van der Waals surface area contributed by atoms with Gasteiger partial charge in [0.05, 0.1) is 11.0 Å². The summed E-state index contributed by atoms with van der Waals surface area (Å²) in [6.45, 7) is 8.09. The van der Waals surface area contributed by atoms with E-state index in [2.05, 4.69) is 0 Å². The van der Waals surface area contributed by atoms with Gasteiger partial charge >= 0.3 is 0 Å². The predicted octanol–water partition coefficient (Wildman–Crippen LogP) is 2.25. The Morgan fingerprint density at radius 3 is 2.23 bits per heavy atom. The third-order valence-electron chi connectivity index (χ3n) is 2.90. The molecule has 1 unspecified atom stereocenters. The number of hydrogen-bond acceptors (Lipinski definition) is 2. The quantitative estimate of drug-likeness (QED) is 0.656. The minimum absolute atomic E-state index is 0.00970. The number of sulfone groups is 1. The summed E-state index contributed by atoms with van der Waals surface area (Å²) >= 11 is 0. The predicted molar refractivity (Wildman–Crippen MR) is 55.4 cm³/mol. The molecule has 1 aliphatic rings. The molecule has 1 atom stereocenters. The lowest BCUT2D eigenvalue weighted by atomic mass is 9.87. The first-order chi connectivity index (χ1) is 5.75. The molecule has 1 rings (SSSR count). The van der Waals surface area contributed by atoms with Crippen molar-refractivity contribution in [2.45, 2.75) is 45.8 Å². The fourth-order valence-corrected chi connectivity index (χ4v) is 4.94. The molecule has 1 heterocycles. The van der Waals surface area contributed by atoms with Crippen LogP contribution in [0.25, 0.3) is 0 Å². The van der Waals surface area contributed by atoms with Crippen molar-refractivity contribution >= 4 is 9.84 Å². The van der Waals surface area contributed by atoms with Crippen LogP contribution in [0.15, 0.2) is 0 Å². The molecule has 0 bridgehead atoms. The monoisotopic (exact) mass is 204 g/mol. The Hall–Kier alpha value is -0.0500. The van der Waals surface area contributed by atoms with Gasteiger partial charge < -0.3 is 0 Å². The van der Waals surface area contributed by atoms with Crippen molar-refractivity contribution in [1.29, 1.82) is 0 Å². The van der Waals surface area contributed by atoms with E-state index in [9.17, 15) is 8.42 Å². The van der Waals surface area contributed by atoms with E-state index in [1.54, 1.807) is 0 Å². The molecule has 0 aromatic heterocycles. The summed E-state index contributed by atoms with van der Waals surface area (Å²) in [6, 6.07) is 0. The lowest BCUT2D eigenvalue weighted by Crippen LogP contribution is -2.40. The third-order valence-corrected chi connectivity index (χ3v) is 5.79. The summed E-state index contributed by atoms with van der Waals surface area (Å²) in [5, 5.41) is -0.0967. The molecule has 2 nitrogen and oxygen atoms in total. The molecule has 0 aliphatic carbocycles. The van der Waals surface area contributed by atoms with Crippen molar-refractivity contribution in [3.63, 3.8) is 0 Å². The lowest BCUT2D eigenvalue weighted by Gasteiger charge is -2.35. The lowest BCUT2D eigenvalue weighted by molar-refractivity contribution is 0.322. The van der Waals surface area contributed by atoms with Crippen LogP contribution in [0.3, 0.4) is 0 Å². The van der Waals surface area contributed by atoms with E-state index in [0.717, 1.165) is 12.8 Å². The zero-order valence-corrected chi connectivity index (χ0v) is 9.82. The average molecular weight is 204 g/mol. The van der Waals surface area contributed by atoms with Crippen molar-refractivity contribution in [3.8, 4) is 0 Å². The van der Waals surface area contributed by atoms with E-state index < -0.39 is 9.84 Å². The van der Waals surface area contributed by atoms with Crippen LogP contribution in [0.1, 0.15) is 40.5 Å². The molecule has 0 amide bonds. The van der Waals surface area contributed by atoms with Crippen molar-refractivity contribution in [2.24, 2.45) is 11.3 Å². The van der Waals surface area contributed by atoms with Gasteiger partial charge in [-0.2, -0.15) is 0 Å². The highest BCUT2D eigenvalue weighted by atomic mass is 32.2. The van der Waals surface area contributed by atoms with Gasteiger partial charge in [-0.25, -0.2) is 8.42 Å². The van der Waals surface area contributed by atoms with Crippen LogP contribution < -0.4 is 0 Å². The van der Waals surface area contributed by atoms with Crippen molar-refractivity contribution < 1.29 is 8.42 Å². The summed E-state index contributed by atoms with van der Waals surface area (Å²) in [5.74, 6) is 0.629. The average Bonchev–Trinajstić information content (AvgIpc) is 1.79. The van der Waals surface area contributed by atoms with Crippen LogP contribution in [0.5, 0.6) is 0 Å². The fourth-order valence-electron chi connectivity index (χ4n) is 2.18. The zero-order valence-electron chi connectivity index (χ0n) is 9.00. The summed E-state index contributed by atoms with van der Waals surface area (Å²) < 4.78 is 23.7. The van der Waals surface area contributed by atoms with Gasteiger partial charge in [-0.05, 0) is 24.2 Å². The van der Waals surface area contributed by atoms with Crippen molar-refractivity contribution in [1.82, 2.24) is 0 Å². The summed E-state index contributed by atoms with van der Waals surface area (Å²) in [6.07, 6.45) is 1.88. The molecule has 0 saturated carbocycles. The van der Waals surface area contributed by atoms with E-state index in [1.807, 2.05) is 27.7 Å². The molecule has 0 N–H and O–H groups in total. The van der Waals surface area contributed by atoms with Gasteiger partial charge in [-0.3, -0.25) is 0 Å². The first-order valence-electron chi connectivity index (χ1n) is 4.96. The van der Waals surface area contributed by atoms with Crippen LogP contribution in [0.2, 0.25) is 0 Å². The number of rotatable bonds is 1. The third kappa shape index (κ3) is 2.46. The number of hydrogen-bond donors (Lipinski definition) is 0. The second kappa shape index (κ2) is 3.26. The molecule has 78 valence electrons. The molecule has 3 heteroatoms. The molecule has 1 aliphatic heterocycles. The Morgan fingerprint density at radius 2 is 1.85 bits per heavy atom. The normalized spacial score (nSPS) is 31.9. The van der Waals surface area contributed by atoms with Gasteiger partial charge in [0.1, 0.15) is 0 Å². The summed E-state index contributed by atoms with van der Waals surface area (Å²) in [4.78, 5) is 0. The standard InChI is InChI=1S/C10H20O2S/c1-8(2)9-5-6-10(3,4)7-13(9,11)12/h8-9H,5-7H2,1-4H3. The largest absolute Gasteiger partial charge is 0.229 e. The Morgan fingerprint density at radius 1 is 1.31 bits per heavy atom. The summed E-state index contributed by atoms with van der Waals surface area (Å²) in [5.41, 5.74) is -0.00970. The molecule has 1 fully saturated rings. The molecule has 0 aromatic rings. The van der Waals surface area contributed by atoms with Crippen LogP contribution in [-0.2, 0) is 9.84 Å². The van der Waals surface area contributed by atoms with E-state index >= 15 is 0 Å². The van der Waals surface area contributed by atoms with Gasteiger partial charge in [-0.1, -0.05) is 27.7 Å². The minimum Gasteiger partial charge on any atom is -0.229 e. The van der Waals surface area contributed by atoms with Crippen LogP contribution in [0.4, 0.5) is 0 Å². The van der Waals surface area contributed by atoms with Gasteiger partial charge in [0, 0.05) is 0 Å². The first-order valence-corrected chi connectivity index (χ1v) is 6.68. The van der Waals surface area contributed by atoms with Crippen LogP contribution in [0, 0.1) is 11.3 Å². The minimum atomic E-state index is -2.83. The SMILES string of the molecule is CC(C)C1CCC(C)(C)CS1(=O)=O. The molecule has 0 radical (unpaired) electrons. The van der Waals surface area contributed by atoms with Gasteiger partial charge in [0.2, 0.25) is 0 Å². The van der Waals surface area contributed by atoms with Gasteiger partial charge in [0.15, 0.2) is 9.84 Å². The molecular formula is C10H20O2S. The van der Waals surface area contributed by atoms with E-state index in [0.29, 0.717) is 5.75 Å². The molecule has 0 spiro atoms. The highest BCUT2D eigenvalue weighted by Crippen LogP contribution is 2.36. The second-order valence-corrected chi connectivity index (χ2v) is 7.51. The van der Waals surface area contributed by atoms with Crippen molar-refractivity contribution in [3.05, 3.63) is 0 Å². The fraction of sp³-hybridized carbons (Fsp3) is 1.00. The molecule has 13 heavy (non-hydrogen) atoms. The van der Waals surface area contributed by atoms with E-state index in [1.165, 1.54) is 0 Å². The Kier molecular flexibility index (Phi) is 2.77. The maximum absolute atomic E-state index is 11.8. The second-order valence-electron chi connectivity index (χ2n) is 5.29. The molecular weight excluding hydrogens is 184 g/mol. The maximum atomic E-state index is 11.8. The van der Waals surface area contributed by atoms with Gasteiger partial charge in [-0.15, -0.1) is 0 Å². The van der Waals surface area contributed by atoms with Gasteiger partial charge in [0.25, 0.3) is 0 Å². The Labute approximate surface area is 81.6 Å². The topological polar surface area (TPSA) is 34.1 Å².